The van der Waals surface area contributed by atoms with E-state index in [1.807, 2.05) is 24.3 Å². The van der Waals surface area contributed by atoms with E-state index >= 15 is 0 Å². The number of carbonyl (C=O) groups excluding carboxylic acids is 1. The van der Waals surface area contributed by atoms with Gasteiger partial charge in [0.1, 0.15) is 6.54 Å². The number of alkyl halides is 3. The number of rotatable bonds is 5. The van der Waals surface area contributed by atoms with Crippen LogP contribution >= 0.6 is 0 Å². The van der Waals surface area contributed by atoms with Crippen molar-refractivity contribution >= 4 is 6.03 Å². The van der Waals surface area contributed by atoms with Crippen molar-refractivity contribution in [3.63, 3.8) is 0 Å². The van der Waals surface area contributed by atoms with Crippen molar-refractivity contribution in [3.8, 4) is 0 Å². The van der Waals surface area contributed by atoms with Gasteiger partial charge in [0.05, 0.1) is 6.04 Å². The van der Waals surface area contributed by atoms with Crippen LogP contribution in [0.15, 0.2) is 24.3 Å². The Kier molecular flexibility index (Phi) is 6.05. The van der Waals surface area contributed by atoms with E-state index in [0.717, 1.165) is 12.0 Å². The summed E-state index contributed by atoms with van der Waals surface area (Å²) in [6.07, 6.45) is -3.44. The molecule has 0 spiro atoms. The van der Waals surface area contributed by atoms with E-state index in [1.165, 1.54) is 5.56 Å². The number of urea groups is 1. The highest BCUT2D eigenvalue weighted by Gasteiger charge is 2.27. The lowest BCUT2D eigenvalue weighted by molar-refractivity contribution is -0.122. The molecular weight excluding hydrogens is 281 g/mol. The molecule has 0 radical (unpaired) electrons. The standard InChI is InChI=1S/C15H21F3N2O/c1-10(2)8-12-4-6-13(7-5-12)11(3)20-14(21)19-9-15(16,17)18/h4-7,10-11H,8-9H2,1-3H3,(H2,19,20,21). The zero-order chi connectivity index (χ0) is 16.0. The molecule has 1 aromatic carbocycles. The summed E-state index contributed by atoms with van der Waals surface area (Å²) in [5, 5.41) is 4.26. The maximum absolute atomic E-state index is 12.0. The Hall–Kier alpha value is -1.72. The van der Waals surface area contributed by atoms with Gasteiger partial charge in [-0.1, -0.05) is 38.1 Å². The minimum absolute atomic E-state index is 0.355. The minimum atomic E-state index is -4.40. The van der Waals surface area contributed by atoms with Crippen LogP contribution in [0, 0.1) is 5.92 Å². The average Bonchev–Trinajstić information content (AvgIpc) is 2.35. The molecule has 2 N–H and O–H groups in total. The largest absolute Gasteiger partial charge is 0.405 e. The van der Waals surface area contributed by atoms with Crippen LogP contribution in [-0.4, -0.2) is 18.8 Å². The third kappa shape index (κ3) is 7.02. The average molecular weight is 302 g/mol. The maximum Gasteiger partial charge on any atom is 0.405 e. The van der Waals surface area contributed by atoms with Crippen molar-refractivity contribution in [1.29, 1.82) is 0 Å². The Labute approximate surface area is 122 Å². The minimum Gasteiger partial charge on any atom is -0.332 e. The zero-order valence-electron chi connectivity index (χ0n) is 12.4. The molecule has 0 aliphatic heterocycles. The van der Waals surface area contributed by atoms with Gasteiger partial charge in [0.2, 0.25) is 0 Å². The predicted octanol–water partition coefficient (Wildman–Crippen LogP) is 3.81. The van der Waals surface area contributed by atoms with Gasteiger partial charge in [0, 0.05) is 0 Å². The first-order chi connectivity index (χ1) is 9.67. The van der Waals surface area contributed by atoms with Crippen LogP contribution in [0.3, 0.4) is 0 Å². The summed E-state index contributed by atoms with van der Waals surface area (Å²) < 4.78 is 35.9. The van der Waals surface area contributed by atoms with Crippen molar-refractivity contribution in [2.24, 2.45) is 5.92 Å². The van der Waals surface area contributed by atoms with E-state index in [0.29, 0.717) is 5.92 Å². The highest BCUT2D eigenvalue weighted by molar-refractivity contribution is 5.74. The van der Waals surface area contributed by atoms with Crippen molar-refractivity contribution < 1.29 is 18.0 Å². The van der Waals surface area contributed by atoms with Gasteiger partial charge in [-0.25, -0.2) is 4.79 Å². The summed E-state index contributed by atoms with van der Waals surface area (Å²) in [6, 6.07) is 6.53. The smallest absolute Gasteiger partial charge is 0.332 e. The van der Waals surface area contributed by atoms with E-state index in [1.54, 1.807) is 12.2 Å². The summed E-state index contributed by atoms with van der Waals surface area (Å²) in [6.45, 7) is 4.65. The molecule has 1 unspecified atom stereocenters. The molecule has 0 saturated heterocycles. The second-order valence-electron chi connectivity index (χ2n) is 5.50. The number of hydrogen-bond acceptors (Lipinski definition) is 1. The molecule has 0 saturated carbocycles. The summed E-state index contributed by atoms with van der Waals surface area (Å²) >= 11 is 0. The lowest BCUT2D eigenvalue weighted by atomic mass is 10.00. The molecule has 6 heteroatoms. The fourth-order valence-electron chi connectivity index (χ4n) is 1.93. The number of hydrogen-bond donors (Lipinski definition) is 2. The number of nitrogens with one attached hydrogen (secondary N) is 2. The summed E-state index contributed by atoms with van der Waals surface area (Å²) in [5.74, 6) is 0.555. The number of benzene rings is 1. The molecule has 0 aliphatic carbocycles. The van der Waals surface area contributed by atoms with Crippen LogP contribution in [0.5, 0.6) is 0 Å². The van der Waals surface area contributed by atoms with Crippen molar-refractivity contribution in [1.82, 2.24) is 10.6 Å². The fourth-order valence-corrected chi connectivity index (χ4v) is 1.93. The normalized spacial score (nSPS) is 13.1. The van der Waals surface area contributed by atoms with Gasteiger partial charge in [-0.3, -0.25) is 0 Å². The molecule has 2 amide bonds. The molecule has 1 rings (SSSR count). The van der Waals surface area contributed by atoms with Crippen molar-refractivity contribution in [3.05, 3.63) is 35.4 Å². The highest BCUT2D eigenvalue weighted by Crippen LogP contribution is 2.16. The zero-order valence-corrected chi connectivity index (χ0v) is 12.4. The second kappa shape index (κ2) is 7.33. The van der Waals surface area contributed by atoms with E-state index < -0.39 is 18.8 Å². The molecule has 1 atom stereocenters. The Morgan fingerprint density at radius 2 is 1.71 bits per heavy atom. The van der Waals surface area contributed by atoms with Crippen LogP contribution in [0.1, 0.15) is 37.9 Å². The van der Waals surface area contributed by atoms with Crippen molar-refractivity contribution in [2.75, 3.05) is 6.54 Å². The predicted molar refractivity (Wildman–Crippen MR) is 76.0 cm³/mol. The molecule has 1 aromatic rings. The molecule has 3 nitrogen and oxygen atoms in total. The van der Waals surface area contributed by atoms with Crippen LogP contribution in [-0.2, 0) is 6.42 Å². The lowest BCUT2D eigenvalue weighted by Gasteiger charge is -2.16. The second-order valence-corrected chi connectivity index (χ2v) is 5.50. The summed E-state index contributed by atoms with van der Waals surface area (Å²) in [4.78, 5) is 11.4. The molecule has 0 bridgehead atoms. The molecular formula is C15H21F3N2O. The van der Waals surface area contributed by atoms with Gasteiger partial charge in [-0.05, 0) is 30.4 Å². The molecule has 21 heavy (non-hydrogen) atoms. The Balaban J connectivity index is 2.51. The number of carbonyl (C=O) groups is 1. The van der Waals surface area contributed by atoms with E-state index in [4.69, 9.17) is 0 Å². The van der Waals surface area contributed by atoms with E-state index in [9.17, 15) is 18.0 Å². The first-order valence-corrected chi connectivity index (χ1v) is 6.87. The Bertz CT molecular complexity index is 455. The first kappa shape index (κ1) is 17.3. The quantitative estimate of drug-likeness (QED) is 0.853. The molecule has 0 aromatic heterocycles. The Morgan fingerprint density at radius 1 is 1.14 bits per heavy atom. The highest BCUT2D eigenvalue weighted by atomic mass is 19.4. The molecule has 0 aliphatic rings. The van der Waals surface area contributed by atoms with Crippen molar-refractivity contribution in [2.45, 2.75) is 39.4 Å². The number of amides is 2. The topological polar surface area (TPSA) is 41.1 Å². The van der Waals surface area contributed by atoms with Crippen LogP contribution in [0.2, 0.25) is 0 Å². The summed E-state index contributed by atoms with van der Waals surface area (Å²) in [5.41, 5.74) is 2.05. The number of halogens is 3. The van der Waals surface area contributed by atoms with Gasteiger partial charge in [0.15, 0.2) is 0 Å². The third-order valence-electron chi connectivity index (χ3n) is 2.92. The molecule has 0 heterocycles. The van der Waals surface area contributed by atoms with E-state index in [-0.39, 0.29) is 6.04 Å². The SMILES string of the molecule is CC(C)Cc1ccc(C(C)NC(=O)NCC(F)(F)F)cc1. The molecule has 118 valence electrons. The summed E-state index contributed by atoms with van der Waals surface area (Å²) in [7, 11) is 0. The first-order valence-electron chi connectivity index (χ1n) is 6.87. The lowest BCUT2D eigenvalue weighted by Crippen LogP contribution is -2.41. The maximum atomic E-state index is 12.0. The van der Waals surface area contributed by atoms with Crippen LogP contribution < -0.4 is 10.6 Å². The van der Waals surface area contributed by atoms with E-state index in [2.05, 4.69) is 19.2 Å². The molecule has 0 fully saturated rings. The van der Waals surface area contributed by atoms with Gasteiger partial charge < -0.3 is 10.6 Å². The van der Waals surface area contributed by atoms with Gasteiger partial charge in [-0.15, -0.1) is 0 Å². The van der Waals surface area contributed by atoms with Gasteiger partial charge >= 0.3 is 12.2 Å². The van der Waals surface area contributed by atoms with Gasteiger partial charge in [-0.2, -0.15) is 13.2 Å². The monoisotopic (exact) mass is 302 g/mol. The van der Waals surface area contributed by atoms with Crippen LogP contribution in [0.25, 0.3) is 0 Å². The third-order valence-corrected chi connectivity index (χ3v) is 2.92. The van der Waals surface area contributed by atoms with Gasteiger partial charge in [0.25, 0.3) is 0 Å². The van der Waals surface area contributed by atoms with Crippen LogP contribution in [0.4, 0.5) is 18.0 Å². The fraction of sp³-hybridized carbons (Fsp3) is 0.533. The Morgan fingerprint density at radius 3 is 2.19 bits per heavy atom.